The maximum Gasteiger partial charge on any atom is 0.337 e. The highest BCUT2D eigenvalue weighted by Gasteiger charge is 2.29. The maximum atomic E-state index is 11.5. The van der Waals surface area contributed by atoms with Crippen molar-refractivity contribution in [1.29, 1.82) is 0 Å². The SMILES string of the molecule is NC(=O)C1CCCc2c1[nH]c1c(C(=O)O)cccc21. The number of aromatic nitrogens is 1. The van der Waals surface area contributed by atoms with Crippen LogP contribution in [-0.4, -0.2) is 22.0 Å². The number of benzene rings is 1. The second-order valence-electron chi connectivity index (χ2n) is 4.90. The van der Waals surface area contributed by atoms with E-state index in [1.807, 2.05) is 6.07 Å². The lowest BCUT2D eigenvalue weighted by molar-refractivity contribution is -0.119. The number of nitrogens with two attached hydrogens (primary N) is 1. The highest BCUT2D eigenvalue weighted by molar-refractivity contribution is 6.04. The molecule has 0 spiro atoms. The molecule has 0 aliphatic heterocycles. The lowest BCUT2D eigenvalue weighted by Crippen LogP contribution is -2.24. The van der Waals surface area contributed by atoms with Crippen LogP contribution in [-0.2, 0) is 11.2 Å². The third kappa shape index (κ3) is 1.69. The average Bonchev–Trinajstić information content (AvgIpc) is 2.76. The number of hydrogen-bond acceptors (Lipinski definition) is 2. The number of carboxylic acids is 1. The summed E-state index contributed by atoms with van der Waals surface area (Å²) in [5.74, 6) is -1.66. The molecule has 0 fully saturated rings. The molecule has 1 aliphatic carbocycles. The monoisotopic (exact) mass is 258 g/mol. The molecule has 0 bridgehead atoms. The lowest BCUT2D eigenvalue weighted by atomic mass is 9.86. The summed E-state index contributed by atoms with van der Waals surface area (Å²) in [4.78, 5) is 25.8. The summed E-state index contributed by atoms with van der Waals surface area (Å²) < 4.78 is 0. The number of primary amides is 1. The van der Waals surface area contributed by atoms with E-state index in [0.29, 0.717) is 5.52 Å². The number of carbonyl (C=O) groups excluding carboxylic acids is 1. The Morgan fingerprint density at radius 1 is 1.37 bits per heavy atom. The second kappa shape index (κ2) is 4.12. The first-order valence-corrected chi connectivity index (χ1v) is 6.25. The van der Waals surface area contributed by atoms with E-state index in [1.165, 1.54) is 0 Å². The molecule has 5 heteroatoms. The van der Waals surface area contributed by atoms with Gasteiger partial charge >= 0.3 is 5.97 Å². The predicted molar refractivity (Wildman–Crippen MR) is 70.1 cm³/mol. The van der Waals surface area contributed by atoms with Crippen molar-refractivity contribution in [2.75, 3.05) is 0 Å². The number of carbonyl (C=O) groups is 2. The van der Waals surface area contributed by atoms with E-state index >= 15 is 0 Å². The molecule has 98 valence electrons. The van der Waals surface area contributed by atoms with Crippen LogP contribution in [0.4, 0.5) is 0 Å². The molecule has 1 aromatic carbocycles. The highest BCUT2D eigenvalue weighted by Crippen LogP contribution is 2.36. The smallest absolute Gasteiger partial charge is 0.337 e. The molecule has 0 saturated carbocycles. The Morgan fingerprint density at radius 3 is 2.84 bits per heavy atom. The van der Waals surface area contributed by atoms with Crippen LogP contribution in [0.3, 0.4) is 0 Å². The fourth-order valence-electron chi connectivity index (χ4n) is 2.95. The van der Waals surface area contributed by atoms with Gasteiger partial charge in [-0.3, -0.25) is 4.79 Å². The van der Waals surface area contributed by atoms with E-state index in [2.05, 4.69) is 4.98 Å². The Hall–Kier alpha value is -2.30. The highest BCUT2D eigenvalue weighted by atomic mass is 16.4. The molecule has 5 nitrogen and oxygen atoms in total. The van der Waals surface area contributed by atoms with Gasteiger partial charge in [-0.05, 0) is 30.9 Å². The van der Waals surface area contributed by atoms with Crippen molar-refractivity contribution in [2.24, 2.45) is 5.73 Å². The normalized spacial score (nSPS) is 18.2. The minimum atomic E-state index is -0.972. The van der Waals surface area contributed by atoms with Crippen LogP contribution in [0, 0.1) is 0 Å². The molecule has 1 unspecified atom stereocenters. The first-order valence-electron chi connectivity index (χ1n) is 6.25. The number of fused-ring (bicyclic) bond motifs is 3. The van der Waals surface area contributed by atoms with E-state index in [0.717, 1.165) is 35.9 Å². The minimum absolute atomic E-state index is 0.232. The number of hydrogen-bond donors (Lipinski definition) is 3. The number of para-hydroxylation sites is 1. The number of carboxylic acid groups (broad SMARTS) is 1. The number of H-pyrrole nitrogens is 1. The molecule has 1 aliphatic rings. The largest absolute Gasteiger partial charge is 0.478 e. The Labute approximate surface area is 109 Å². The third-order valence-corrected chi connectivity index (χ3v) is 3.82. The fraction of sp³-hybridized carbons (Fsp3) is 0.286. The van der Waals surface area contributed by atoms with Crippen LogP contribution in [0.2, 0.25) is 0 Å². The zero-order valence-corrected chi connectivity index (χ0v) is 10.3. The van der Waals surface area contributed by atoms with Gasteiger partial charge in [0.25, 0.3) is 0 Å². The number of aryl methyl sites for hydroxylation is 1. The molecular weight excluding hydrogens is 244 g/mol. The first kappa shape index (κ1) is 11.8. The van der Waals surface area contributed by atoms with Crippen molar-refractivity contribution in [1.82, 2.24) is 4.98 Å². The third-order valence-electron chi connectivity index (χ3n) is 3.82. The van der Waals surface area contributed by atoms with Crippen LogP contribution in [0.5, 0.6) is 0 Å². The van der Waals surface area contributed by atoms with Gasteiger partial charge in [-0.1, -0.05) is 12.1 Å². The summed E-state index contributed by atoms with van der Waals surface area (Å²) in [6, 6.07) is 5.18. The molecule has 1 amide bonds. The van der Waals surface area contributed by atoms with Crippen LogP contribution in [0.1, 0.15) is 40.4 Å². The Morgan fingerprint density at radius 2 is 2.16 bits per heavy atom. The van der Waals surface area contributed by atoms with Gasteiger partial charge in [0.2, 0.25) is 5.91 Å². The number of aromatic carboxylic acids is 1. The van der Waals surface area contributed by atoms with Gasteiger partial charge in [0.1, 0.15) is 0 Å². The van der Waals surface area contributed by atoms with Crippen LogP contribution >= 0.6 is 0 Å². The van der Waals surface area contributed by atoms with E-state index in [1.54, 1.807) is 12.1 Å². The Balaban J connectivity index is 2.29. The van der Waals surface area contributed by atoms with Crippen molar-refractivity contribution >= 4 is 22.8 Å². The van der Waals surface area contributed by atoms with Crippen molar-refractivity contribution in [3.63, 3.8) is 0 Å². The average molecular weight is 258 g/mol. The molecule has 3 rings (SSSR count). The quantitative estimate of drug-likeness (QED) is 0.765. The molecular formula is C14H14N2O3. The summed E-state index contributed by atoms with van der Waals surface area (Å²) in [7, 11) is 0. The van der Waals surface area contributed by atoms with Gasteiger partial charge in [-0.25, -0.2) is 4.79 Å². The second-order valence-corrected chi connectivity index (χ2v) is 4.90. The topological polar surface area (TPSA) is 96.2 Å². The van der Waals surface area contributed by atoms with Gasteiger partial charge in [0.15, 0.2) is 0 Å². The Kier molecular flexibility index (Phi) is 2.55. The van der Waals surface area contributed by atoms with E-state index < -0.39 is 5.97 Å². The summed E-state index contributed by atoms with van der Waals surface area (Å²) in [6.07, 6.45) is 2.46. The summed E-state index contributed by atoms with van der Waals surface area (Å²) in [6.45, 7) is 0. The van der Waals surface area contributed by atoms with E-state index in [-0.39, 0.29) is 17.4 Å². The van der Waals surface area contributed by atoms with Gasteiger partial charge in [0, 0.05) is 11.1 Å². The number of aromatic amines is 1. The van der Waals surface area contributed by atoms with Crippen molar-refractivity contribution in [2.45, 2.75) is 25.2 Å². The maximum absolute atomic E-state index is 11.5. The molecule has 1 heterocycles. The Bertz CT molecular complexity index is 687. The van der Waals surface area contributed by atoms with E-state index in [4.69, 9.17) is 5.73 Å². The first-order chi connectivity index (χ1) is 9.09. The van der Waals surface area contributed by atoms with Crippen molar-refractivity contribution < 1.29 is 14.7 Å². The molecule has 2 aromatic rings. The van der Waals surface area contributed by atoms with Crippen LogP contribution < -0.4 is 5.73 Å². The van der Waals surface area contributed by atoms with Crippen molar-refractivity contribution in [3.05, 3.63) is 35.0 Å². The predicted octanol–water partition coefficient (Wildman–Crippen LogP) is 1.77. The van der Waals surface area contributed by atoms with Crippen molar-refractivity contribution in [3.8, 4) is 0 Å². The summed E-state index contributed by atoms with van der Waals surface area (Å²) in [5, 5.41) is 10.1. The van der Waals surface area contributed by atoms with Crippen LogP contribution in [0.15, 0.2) is 18.2 Å². The van der Waals surface area contributed by atoms with E-state index in [9.17, 15) is 14.7 Å². The number of amides is 1. The minimum Gasteiger partial charge on any atom is -0.478 e. The molecule has 19 heavy (non-hydrogen) atoms. The van der Waals surface area contributed by atoms with Gasteiger partial charge in [-0.2, -0.15) is 0 Å². The molecule has 0 saturated heterocycles. The molecule has 0 radical (unpaired) electrons. The molecule has 1 atom stereocenters. The zero-order chi connectivity index (χ0) is 13.6. The van der Waals surface area contributed by atoms with Gasteiger partial charge < -0.3 is 15.8 Å². The van der Waals surface area contributed by atoms with Gasteiger partial charge in [0.05, 0.1) is 17.0 Å². The van der Waals surface area contributed by atoms with Gasteiger partial charge in [-0.15, -0.1) is 0 Å². The summed E-state index contributed by atoms with van der Waals surface area (Å²) >= 11 is 0. The molecule has 1 aromatic heterocycles. The molecule has 4 N–H and O–H groups in total. The number of nitrogens with one attached hydrogen (secondary N) is 1. The fourth-order valence-corrected chi connectivity index (χ4v) is 2.95. The number of rotatable bonds is 2. The standard InChI is InChI=1S/C14H14N2O3/c15-13(17)9-5-1-3-7-8-4-2-6-10(14(18)19)12(8)16-11(7)9/h2,4,6,9,16H,1,3,5H2,(H2,15,17)(H,18,19). The zero-order valence-electron chi connectivity index (χ0n) is 10.3. The van der Waals surface area contributed by atoms with Crippen LogP contribution in [0.25, 0.3) is 10.9 Å². The summed E-state index contributed by atoms with van der Waals surface area (Å²) in [5.41, 5.74) is 8.08. The lowest BCUT2D eigenvalue weighted by Gasteiger charge is -2.19.